The molecule has 18 nitrogen and oxygen atoms in total. The van der Waals surface area contributed by atoms with Crippen LogP contribution in [0.4, 0.5) is 0 Å². The molecule has 0 aromatic rings. The van der Waals surface area contributed by atoms with Crippen LogP contribution in [0.2, 0.25) is 0 Å². The van der Waals surface area contributed by atoms with Crippen LogP contribution in [0.25, 0.3) is 0 Å². The monoisotopic (exact) mass is 462 g/mol. The smallest absolute Gasteiger partial charge is 0.543 e. The molecule has 20 heteroatoms. The Balaban J connectivity index is -0.0000000125. The summed E-state index contributed by atoms with van der Waals surface area (Å²) in [5.41, 5.74) is 0. The number of carboxylic acids is 6. The molecule has 0 rings (SSSR count). The molecule has 0 aliphatic heterocycles. The van der Waals surface area contributed by atoms with Crippen LogP contribution in [0.5, 0.6) is 0 Å². The second-order valence-electron chi connectivity index (χ2n) is 1.72. The predicted molar refractivity (Wildman–Crippen MR) is 51.7 cm³/mol. The van der Waals surface area contributed by atoms with Crippen molar-refractivity contribution in [3.63, 3.8) is 0 Å². The largest absolute Gasteiger partial charge is 3.00 e. The zero-order chi connectivity index (χ0) is 15.5. The quantitative estimate of drug-likeness (QED) is 0.303. The van der Waals surface area contributed by atoms with E-state index in [-0.39, 0.29) is 84.5 Å². The summed E-state index contributed by atoms with van der Waals surface area (Å²) in [5, 5.41) is 53.6. The predicted octanol–water partition coefficient (Wildman–Crippen LogP) is -15.5. The van der Waals surface area contributed by atoms with Crippen molar-refractivity contribution in [2.45, 2.75) is 0 Å². The van der Waals surface area contributed by atoms with Crippen molar-refractivity contribution in [2.24, 2.45) is 0 Å². The van der Waals surface area contributed by atoms with Gasteiger partial charge in [0.1, 0.15) is 0 Å². The zero-order valence-electron chi connectivity index (χ0n) is 12.1. The Bertz CT molecular complexity index is 285. The Labute approximate surface area is 179 Å². The molecule has 0 aliphatic carbocycles. The number of carbonyl (C=O) groups is 6. The average molecular weight is 462 g/mol. The third-order valence-electron chi connectivity index (χ3n) is 0.500. The van der Waals surface area contributed by atoms with E-state index in [9.17, 15) is 0 Å². The van der Waals surface area contributed by atoms with Crippen LogP contribution in [0, 0.1) is 0 Å². The van der Waals surface area contributed by atoms with Gasteiger partial charge in [-0.2, -0.15) is 0 Å². The van der Waals surface area contributed by atoms with Crippen molar-refractivity contribution >= 4 is 35.8 Å². The van der Waals surface area contributed by atoms with Gasteiger partial charge in [-0.1, -0.05) is 0 Å². The summed E-state index contributed by atoms with van der Waals surface area (Å²) >= 11 is 0. The molecule has 150 valence electrons. The number of hydrogen-bond acceptors (Lipinski definition) is 12. The van der Waals surface area contributed by atoms with Crippen LogP contribution >= 0.6 is 0 Å². The maximum atomic E-state index is 8.93. The second kappa shape index (κ2) is 43.6. The van der Waals surface area contributed by atoms with E-state index in [2.05, 4.69) is 0 Å². The third-order valence-corrected chi connectivity index (χ3v) is 0.500. The molecule has 0 aliphatic rings. The second-order valence-corrected chi connectivity index (χ2v) is 1.72. The molecule has 0 heterocycles. The van der Waals surface area contributed by atoms with E-state index in [1.165, 1.54) is 0 Å². The van der Waals surface area contributed by atoms with Crippen molar-refractivity contribution in [3.05, 3.63) is 0 Å². The fourth-order valence-corrected chi connectivity index (χ4v) is 0. The number of carbonyl (C=O) groups excluding carboxylic acids is 6. The summed E-state index contributed by atoms with van der Waals surface area (Å²) in [7, 11) is 0. The topological polar surface area (TPSA) is 430 Å². The Morgan fingerprint density at radius 2 is 0.346 bits per heavy atom. The molecule has 0 bridgehead atoms. The Hall–Kier alpha value is -1.68. The first-order chi connectivity index (χ1) is 7.93. The number of aliphatic carboxylic acids is 6. The average Bonchev–Trinajstić information content (AvgIpc) is 2.18. The number of hydrogen-bond donors (Lipinski definition) is 0. The van der Waals surface area contributed by atoms with Crippen molar-refractivity contribution in [1.29, 1.82) is 0 Å². The molecular formula is C6H12O18Sc2. The van der Waals surface area contributed by atoms with Gasteiger partial charge >= 0.3 is 51.7 Å². The summed E-state index contributed by atoms with van der Waals surface area (Å²) in [5.74, 6) is -13.1. The van der Waals surface area contributed by atoms with E-state index in [0.29, 0.717) is 0 Å². The molecule has 0 aromatic carbocycles. The van der Waals surface area contributed by atoms with Gasteiger partial charge in [-0.15, -0.1) is 0 Å². The minimum Gasteiger partial charge on any atom is -0.543 e. The molecule has 0 unspecified atom stereocenters. The first-order valence-corrected chi connectivity index (χ1v) is 3.20. The van der Waals surface area contributed by atoms with E-state index >= 15 is 0 Å². The van der Waals surface area contributed by atoms with Crippen LogP contribution in [-0.2, 0) is 80.5 Å². The summed E-state index contributed by atoms with van der Waals surface area (Å²) < 4.78 is 0. The summed E-state index contributed by atoms with van der Waals surface area (Å²) in [6.45, 7) is 0. The Morgan fingerprint density at radius 3 is 0.346 bits per heavy atom. The third kappa shape index (κ3) is 95.3. The van der Waals surface area contributed by atoms with Gasteiger partial charge in [-0.3, -0.25) is 0 Å². The van der Waals surface area contributed by atoms with Gasteiger partial charge in [0.05, 0.1) is 35.8 Å². The molecule has 0 aromatic heterocycles. The van der Waals surface area contributed by atoms with Crippen molar-refractivity contribution < 1.29 is 144 Å². The molecule has 0 amide bonds. The van der Waals surface area contributed by atoms with E-state index < -0.39 is 35.8 Å². The van der Waals surface area contributed by atoms with Gasteiger partial charge in [-0.25, -0.2) is 0 Å². The minimum atomic E-state index is -2.19. The van der Waals surface area contributed by atoms with Crippen molar-refractivity contribution in [1.82, 2.24) is 0 Å². The van der Waals surface area contributed by atoms with Gasteiger partial charge in [0.25, 0.3) is 0 Å². The summed E-state index contributed by atoms with van der Waals surface area (Å²) in [4.78, 5) is 53.6. The van der Waals surface area contributed by atoms with Crippen LogP contribution in [0.1, 0.15) is 0 Å². The first kappa shape index (κ1) is 74.5. The van der Waals surface area contributed by atoms with E-state index in [1.54, 1.807) is 0 Å². The van der Waals surface area contributed by atoms with Gasteiger partial charge in [-0.05, 0) is 0 Å². The van der Waals surface area contributed by atoms with Gasteiger partial charge in [0, 0.05) is 0 Å². The normalized spacial score (nSPS) is 5.08. The van der Waals surface area contributed by atoms with Gasteiger partial charge < -0.3 is 92.3 Å². The molecule has 0 radical (unpaired) electrons. The molecule has 0 saturated heterocycles. The Kier molecular flexibility index (Phi) is 125. The van der Waals surface area contributed by atoms with Gasteiger partial charge in [0.15, 0.2) is 0 Å². The van der Waals surface area contributed by atoms with Crippen LogP contribution in [-0.4, -0.2) is 68.7 Å². The number of carboxylic acid groups (broad SMARTS) is 6. The Morgan fingerprint density at radius 1 is 0.308 bits per heavy atom. The molecule has 12 N–H and O–H groups in total. The van der Waals surface area contributed by atoms with E-state index in [4.69, 9.17) is 59.4 Å². The van der Waals surface area contributed by atoms with Crippen molar-refractivity contribution in [2.75, 3.05) is 0 Å². The van der Waals surface area contributed by atoms with Crippen LogP contribution in [0.15, 0.2) is 0 Å². The van der Waals surface area contributed by atoms with Crippen molar-refractivity contribution in [3.8, 4) is 0 Å². The summed E-state index contributed by atoms with van der Waals surface area (Å²) in [6.07, 6.45) is 0. The molecule has 0 fully saturated rings. The van der Waals surface area contributed by atoms with Gasteiger partial charge in [0.2, 0.25) is 0 Å². The minimum absolute atomic E-state index is 0. The SMILES string of the molecule is O.O.O.O.O.O.O=C([O-])C(=O)[O-].O=C([O-])C(=O)[O-].O=C([O-])C(=O)[O-].[Sc+3].[Sc+3]. The molecular weight excluding hydrogens is 450 g/mol. The fourth-order valence-electron chi connectivity index (χ4n) is 0. The van der Waals surface area contributed by atoms with E-state index in [1.807, 2.05) is 0 Å². The molecule has 0 spiro atoms. The fraction of sp³-hybridized carbons (Fsp3) is 0. The number of rotatable bonds is 0. The maximum absolute atomic E-state index is 8.93. The van der Waals surface area contributed by atoms with Crippen LogP contribution in [0.3, 0.4) is 0 Å². The maximum Gasteiger partial charge on any atom is 3.00 e. The van der Waals surface area contributed by atoms with E-state index in [0.717, 1.165) is 0 Å². The zero-order valence-corrected chi connectivity index (χ0v) is 15.7. The molecule has 0 saturated carbocycles. The molecule has 26 heavy (non-hydrogen) atoms. The van der Waals surface area contributed by atoms with Crippen LogP contribution < -0.4 is 30.6 Å². The summed E-state index contributed by atoms with van der Waals surface area (Å²) in [6, 6.07) is 0. The first-order valence-electron chi connectivity index (χ1n) is 3.20. The molecule has 0 atom stereocenters. The standard InChI is InChI=1S/3C2H2O4.6H2O.2Sc/c3*3-1(4)2(5)6;;;;;;;;/h3*(H,3,4)(H,5,6);6*1H2;;/q;;;;;;;;;2*+3/p-6.